The van der Waals surface area contributed by atoms with Crippen molar-refractivity contribution >= 4 is 29.2 Å². The van der Waals surface area contributed by atoms with Crippen molar-refractivity contribution in [3.63, 3.8) is 0 Å². The van der Waals surface area contributed by atoms with Gasteiger partial charge >= 0.3 is 6.03 Å². The molecule has 1 saturated heterocycles. The van der Waals surface area contributed by atoms with Gasteiger partial charge in [-0.25, -0.2) is 4.79 Å². The molecule has 9 heteroatoms. The maximum atomic E-state index is 13.2. The molecule has 35 heavy (non-hydrogen) atoms. The van der Waals surface area contributed by atoms with Gasteiger partial charge < -0.3 is 30.7 Å². The Labute approximate surface area is 201 Å². The van der Waals surface area contributed by atoms with E-state index in [1.165, 1.54) is 0 Å². The lowest BCUT2D eigenvalue weighted by Crippen LogP contribution is -2.53. The van der Waals surface area contributed by atoms with Gasteiger partial charge in [0.15, 0.2) is 11.5 Å². The van der Waals surface area contributed by atoms with Crippen LogP contribution in [0.25, 0.3) is 11.1 Å². The summed E-state index contributed by atoms with van der Waals surface area (Å²) in [7, 11) is 0. The number of rotatable bonds is 5. The number of hydrogen-bond donors (Lipinski definition) is 3. The van der Waals surface area contributed by atoms with Crippen LogP contribution in [0.15, 0.2) is 66.7 Å². The molecule has 0 saturated carbocycles. The van der Waals surface area contributed by atoms with Crippen molar-refractivity contribution in [2.45, 2.75) is 18.9 Å². The molecular weight excluding hydrogens is 448 g/mol. The Hall–Kier alpha value is -4.53. The molecule has 1 fully saturated rings. The zero-order chi connectivity index (χ0) is 24.4. The van der Waals surface area contributed by atoms with Crippen LogP contribution in [0.4, 0.5) is 16.2 Å². The van der Waals surface area contributed by atoms with Crippen molar-refractivity contribution in [2.24, 2.45) is 5.73 Å². The standard InChI is InChI=1S/C26H24N4O5/c27-24(31)20-5-2-1-4-19(20)16-7-10-18(11-8-16)30-13-3-6-21(25(30)32)29-26(33)28-17-9-12-22-23(14-17)35-15-34-22/h1-2,4-5,7-12,14,21H,3,6,13,15H2,(H2,27,31)(H2,28,29,33)/t21-/m1/s1. The minimum Gasteiger partial charge on any atom is -0.454 e. The van der Waals surface area contributed by atoms with Gasteiger partial charge in [-0.05, 0) is 54.3 Å². The number of ether oxygens (including phenoxy) is 2. The van der Waals surface area contributed by atoms with Crippen molar-refractivity contribution in [3.8, 4) is 22.6 Å². The van der Waals surface area contributed by atoms with Gasteiger partial charge in [-0.1, -0.05) is 30.3 Å². The van der Waals surface area contributed by atoms with E-state index in [-0.39, 0.29) is 12.7 Å². The molecule has 1 atom stereocenters. The summed E-state index contributed by atoms with van der Waals surface area (Å²) in [6.45, 7) is 0.702. The number of nitrogens with one attached hydrogen (secondary N) is 2. The maximum absolute atomic E-state index is 13.2. The summed E-state index contributed by atoms with van der Waals surface area (Å²) in [6.07, 6.45) is 1.29. The second kappa shape index (κ2) is 9.38. The number of amides is 4. The third-order valence-electron chi connectivity index (χ3n) is 6.06. The second-order valence-corrected chi connectivity index (χ2v) is 8.31. The molecule has 4 N–H and O–H groups in total. The largest absolute Gasteiger partial charge is 0.454 e. The van der Waals surface area contributed by atoms with E-state index in [2.05, 4.69) is 10.6 Å². The van der Waals surface area contributed by atoms with Gasteiger partial charge in [-0.2, -0.15) is 0 Å². The summed E-state index contributed by atoms with van der Waals surface area (Å²) < 4.78 is 10.6. The number of nitrogens with zero attached hydrogens (tertiary/aromatic N) is 1. The van der Waals surface area contributed by atoms with Crippen LogP contribution in [-0.4, -0.2) is 37.2 Å². The third kappa shape index (κ3) is 4.61. The average molecular weight is 473 g/mol. The van der Waals surface area contributed by atoms with E-state index < -0.39 is 18.0 Å². The van der Waals surface area contributed by atoms with Crippen LogP contribution >= 0.6 is 0 Å². The van der Waals surface area contributed by atoms with Crippen molar-refractivity contribution in [3.05, 3.63) is 72.3 Å². The molecule has 2 aliphatic rings. The predicted octanol–water partition coefficient (Wildman–Crippen LogP) is 3.50. The highest BCUT2D eigenvalue weighted by atomic mass is 16.7. The first-order valence-electron chi connectivity index (χ1n) is 11.3. The number of primary amides is 1. The van der Waals surface area contributed by atoms with Crippen LogP contribution < -0.4 is 30.7 Å². The Balaban J connectivity index is 1.26. The number of carbonyl (C=O) groups is 3. The first kappa shape index (κ1) is 22.3. The number of urea groups is 1. The Morgan fingerprint density at radius 3 is 2.54 bits per heavy atom. The Bertz CT molecular complexity index is 1290. The van der Waals surface area contributed by atoms with E-state index in [9.17, 15) is 14.4 Å². The lowest BCUT2D eigenvalue weighted by Gasteiger charge is -2.32. The third-order valence-corrected chi connectivity index (χ3v) is 6.06. The smallest absolute Gasteiger partial charge is 0.319 e. The fourth-order valence-corrected chi connectivity index (χ4v) is 4.34. The van der Waals surface area contributed by atoms with Crippen LogP contribution in [-0.2, 0) is 4.79 Å². The number of fused-ring (bicyclic) bond motifs is 1. The van der Waals surface area contributed by atoms with Gasteiger partial charge in [-0.15, -0.1) is 0 Å². The number of nitrogens with two attached hydrogens (primary N) is 1. The first-order chi connectivity index (χ1) is 17.0. The number of hydrogen-bond acceptors (Lipinski definition) is 5. The monoisotopic (exact) mass is 472 g/mol. The SMILES string of the molecule is NC(=O)c1ccccc1-c1ccc(N2CCC[C@@H](NC(=O)Nc3ccc4c(c3)OCO4)C2=O)cc1. The fourth-order valence-electron chi connectivity index (χ4n) is 4.34. The van der Waals surface area contributed by atoms with Crippen molar-refractivity contribution in [1.29, 1.82) is 0 Å². The molecule has 0 aliphatic carbocycles. The topological polar surface area (TPSA) is 123 Å². The summed E-state index contributed by atoms with van der Waals surface area (Å²) in [4.78, 5) is 39.1. The van der Waals surface area contributed by atoms with Crippen LogP contribution in [0.3, 0.4) is 0 Å². The van der Waals surface area contributed by atoms with Crippen LogP contribution in [0.1, 0.15) is 23.2 Å². The molecule has 9 nitrogen and oxygen atoms in total. The highest BCUT2D eigenvalue weighted by molar-refractivity contribution is 6.02. The van der Waals surface area contributed by atoms with E-state index in [1.54, 1.807) is 35.2 Å². The Morgan fingerprint density at radius 1 is 0.971 bits per heavy atom. The molecule has 0 spiro atoms. The molecule has 0 aromatic heterocycles. The van der Waals surface area contributed by atoms with E-state index in [0.29, 0.717) is 35.7 Å². The fraction of sp³-hybridized carbons (Fsp3) is 0.192. The van der Waals surface area contributed by atoms with Gasteiger partial charge in [0.05, 0.1) is 0 Å². The lowest BCUT2D eigenvalue weighted by atomic mass is 9.98. The van der Waals surface area contributed by atoms with Gasteiger partial charge in [0.25, 0.3) is 0 Å². The molecule has 4 amide bonds. The molecule has 5 rings (SSSR count). The maximum Gasteiger partial charge on any atom is 0.319 e. The average Bonchev–Trinajstić information content (AvgIpc) is 3.33. The van der Waals surface area contributed by atoms with Crippen LogP contribution in [0.2, 0.25) is 0 Å². The van der Waals surface area contributed by atoms with Crippen molar-refractivity contribution in [2.75, 3.05) is 23.6 Å². The van der Waals surface area contributed by atoms with Crippen LogP contribution in [0, 0.1) is 0 Å². The van der Waals surface area contributed by atoms with E-state index >= 15 is 0 Å². The zero-order valence-corrected chi connectivity index (χ0v) is 18.8. The molecular formula is C26H24N4O5. The quantitative estimate of drug-likeness (QED) is 0.525. The second-order valence-electron chi connectivity index (χ2n) is 8.31. The van der Waals surface area contributed by atoms with E-state index in [0.717, 1.165) is 23.2 Å². The van der Waals surface area contributed by atoms with Gasteiger partial charge in [0.1, 0.15) is 6.04 Å². The summed E-state index contributed by atoms with van der Waals surface area (Å²) >= 11 is 0. The minimum atomic E-state index is -0.645. The molecule has 0 bridgehead atoms. The zero-order valence-electron chi connectivity index (χ0n) is 18.8. The number of carbonyl (C=O) groups excluding carboxylic acids is 3. The lowest BCUT2D eigenvalue weighted by molar-refractivity contribution is -0.121. The molecule has 178 valence electrons. The van der Waals surface area contributed by atoms with Gasteiger partial charge in [-0.3, -0.25) is 9.59 Å². The van der Waals surface area contributed by atoms with Gasteiger partial charge in [0, 0.05) is 29.5 Å². The first-order valence-corrected chi connectivity index (χ1v) is 11.3. The van der Waals surface area contributed by atoms with Crippen molar-refractivity contribution < 1.29 is 23.9 Å². The molecule has 0 radical (unpaired) electrons. The summed E-state index contributed by atoms with van der Waals surface area (Å²) in [5.74, 6) is 0.508. The van der Waals surface area contributed by atoms with Crippen molar-refractivity contribution in [1.82, 2.24) is 5.32 Å². The molecule has 3 aromatic rings. The summed E-state index contributed by atoms with van der Waals surface area (Å²) in [5, 5.41) is 5.52. The summed E-state index contributed by atoms with van der Waals surface area (Å²) in [5.41, 5.74) is 8.76. The van der Waals surface area contributed by atoms with Crippen LogP contribution in [0.5, 0.6) is 11.5 Å². The van der Waals surface area contributed by atoms with Gasteiger partial charge in [0.2, 0.25) is 18.6 Å². The normalized spacial score (nSPS) is 16.6. The minimum absolute atomic E-state index is 0.149. The number of anilines is 2. The molecule has 0 unspecified atom stereocenters. The predicted molar refractivity (Wildman–Crippen MR) is 130 cm³/mol. The highest BCUT2D eigenvalue weighted by Gasteiger charge is 2.31. The molecule has 3 aromatic carbocycles. The number of benzene rings is 3. The molecule has 2 heterocycles. The summed E-state index contributed by atoms with van der Waals surface area (Å²) in [6, 6.07) is 18.5. The molecule has 2 aliphatic heterocycles. The van der Waals surface area contributed by atoms with E-state index in [1.807, 2.05) is 36.4 Å². The highest BCUT2D eigenvalue weighted by Crippen LogP contribution is 2.34. The number of piperidine rings is 1. The Morgan fingerprint density at radius 2 is 1.74 bits per heavy atom. The van der Waals surface area contributed by atoms with E-state index in [4.69, 9.17) is 15.2 Å². The Kier molecular flexibility index (Phi) is 5.97.